The zero-order valence-corrected chi connectivity index (χ0v) is 14.9. The molecule has 130 valence electrons. The third-order valence-electron chi connectivity index (χ3n) is 3.55. The van der Waals surface area contributed by atoms with Crippen LogP contribution in [-0.4, -0.2) is 20.5 Å². The number of nitrogens with two attached hydrogens (primary N) is 1. The van der Waals surface area contributed by atoms with Crippen molar-refractivity contribution in [2.45, 2.75) is 33.2 Å². The molecule has 0 saturated heterocycles. The molecule has 0 atom stereocenters. The molecule has 0 fully saturated rings. The summed E-state index contributed by atoms with van der Waals surface area (Å²) in [6.45, 7) is 8.09. The molecule has 0 radical (unpaired) electrons. The molecule has 3 aromatic rings. The molecule has 0 unspecified atom stereocenters. The van der Waals surface area contributed by atoms with Crippen molar-refractivity contribution in [3.8, 4) is 0 Å². The minimum atomic E-state index is -0.123. The van der Waals surface area contributed by atoms with Crippen molar-refractivity contribution in [2.75, 3.05) is 16.5 Å². The summed E-state index contributed by atoms with van der Waals surface area (Å²) in [5, 5.41) is 4.33. The van der Waals surface area contributed by atoms with Crippen molar-refractivity contribution in [3.05, 3.63) is 42.4 Å². The lowest BCUT2D eigenvalue weighted by atomic mass is 10.1. The fourth-order valence-electron chi connectivity index (χ4n) is 2.31. The highest BCUT2D eigenvalue weighted by atomic mass is 15.4. The van der Waals surface area contributed by atoms with E-state index < -0.39 is 0 Å². The van der Waals surface area contributed by atoms with Gasteiger partial charge in [-0.25, -0.2) is 15.4 Å². The van der Waals surface area contributed by atoms with Crippen LogP contribution in [0.15, 0.2) is 36.7 Å². The lowest BCUT2D eigenvalue weighted by molar-refractivity contribution is 0.464. The summed E-state index contributed by atoms with van der Waals surface area (Å²) in [5.41, 5.74) is 15.4. The van der Waals surface area contributed by atoms with Crippen molar-refractivity contribution < 1.29 is 0 Å². The molecular formula is C18H23N7. The van der Waals surface area contributed by atoms with E-state index >= 15 is 0 Å². The van der Waals surface area contributed by atoms with Gasteiger partial charge in [-0.3, -0.25) is 4.98 Å². The van der Waals surface area contributed by atoms with E-state index in [9.17, 15) is 0 Å². The Morgan fingerprint density at radius 3 is 2.52 bits per heavy atom. The van der Waals surface area contributed by atoms with E-state index in [4.69, 9.17) is 5.73 Å². The number of para-hydroxylation sites is 1. The first kappa shape index (κ1) is 16.9. The summed E-state index contributed by atoms with van der Waals surface area (Å²) in [5.74, 6) is 1.06. The Kier molecular flexibility index (Phi) is 4.41. The normalized spacial score (nSPS) is 11.5. The van der Waals surface area contributed by atoms with E-state index in [1.807, 2.05) is 58.0 Å². The van der Waals surface area contributed by atoms with Crippen LogP contribution in [0.5, 0.6) is 0 Å². The number of hydrogen-bond acceptors (Lipinski definition) is 7. The van der Waals surface area contributed by atoms with E-state index in [0.29, 0.717) is 17.3 Å². The second-order valence-corrected chi connectivity index (χ2v) is 6.94. The summed E-state index contributed by atoms with van der Waals surface area (Å²) >= 11 is 0. The number of pyridine rings is 1. The highest BCUT2D eigenvalue weighted by Gasteiger charge is 2.13. The monoisotopic (exact) mass is 337 g/mol. The van der Waals surface area contributed by atoms with Gasteiger partial charge < -0.3 is 16.5 Å². The number of aromatic nitrogens is 3. The molecule has 7 heteroatoms. The average Bonchev–Trinajstić information content (AvgIpc) is 2.55. The van der Waals surface area contributed by atoms with Crippen LogP contribution >= 0.6 is 0 Å². The quantitative estimate of drug-likeness (QED) is 0.541. The Balaban J connectivity index is 1.92. The van der Waals surface area contributed by atoms with Crippen molar-refractivity contribution in [1.82, 2.24) is 20.4 Å². The summed E-state index contributed by atoms with van der Waals surface area (Å²) in [6.07, 6.45) is 1.47. The number of nitrogen functional groups attached to an aromatic ring is 1. The molecule has 0 bridgehead atoms. The third kappa shape index (κ3) is 3.95. The SMILES string of the molecule is Cc1ccc2cccc(Nc3ncnc(NNC(C)(C)C)c3N)c2n1. The molecule has 5 N–H and O–H groups in total. The van der Waals surface area contributed by atoms with Crippen molar-refractivity contribution in [1.29, 1.82) is 0 Å². The minimum Gasteiger partial charge on any atom is -0.393 e. The van der Waals surface area contributed by atoms with Gasteiger partial charge in [-0.1, -0.05) is 18.2 Å². The number of nitrogens with zero attached hydrogens (tertiary/aromatic N) is 3. The van der Waals surface area contributed by atoms with Gasteiger partial charge in [-0.2, -0.15) is 0 Å². The number of fused-ring (bicyclic) bond motifs is 1. The van der Waals surface area contributed by atoms with Crippen molar-refractivity contribution in [2.24, 2.45) is 0 Å². The Hall–Kier alpha value is -2.93. The summed E-state index contributed by atoms with van der Waals surface area (Å²) < 4.78 is 0. The smallest absolute Gasteiger partial charge is 0.169 e. The molecule has 1 aromatic carbocycles. The molecule has 2 aromatic heterocycles. The Labute approximate surface area is 147 Å². The Morgan fingerprint density at radius 1 is 1.00 bits per heavy atom. The number of hydrogen-bond donors (Lipinski definition) is 4. The van der Waals surface area contributed by atoms with Crippen LogP contribution in [0.4, 0.5) is 23.0 Å². The second-order valence-electron chi connectivity index (χ2n) is 6.94. The van der Waals surface area contributed by atoms with Crippen LogP contribution in [-0.2, 0) is 0 Å². The maximum absolute atomic E-state index is 6.22. The first-order chi connectivity index (χ1) is 11.8. The zero-order valence-electron chi connectivity index (χ0n) is 14.9. The predicted molar refractivity (Wildman–Crippen MR) is 103 cm³/mol. The summed E-state index contributed by atoms with van der Waals surface area (Å²) in [7, 11) is 0. The number of benzene rings is 1. The molecule has 25 heavy (non-hydrogen) atoms. The van der Waals surface area contributed by atoms with E-state index in [-0.39, 0.29) is 5.54 Å². The van der Waals surface area contributed by atoms with Gasteiger partial charge in [0.2, 0.25) is 0 Å². The maximum Gasteiger partial charge on any atom is 0.169 e. The number of hydrazine groups is 1. The van der Waals surface area contributed by atoms with Crippen LogP contribution in [0, 0.1) is 6.92 Å². The minimum absolute atomic E-state index is 0.123. The predicted octanol–water partition coefficient (Wildman–Crippen LogP) is 3.37. The second kappa shape index (κ2) is 6.52. The van der Waals surface area contributed by atoms with E-state index in [1.165, 1.54) is 6.33 Å². The molecule has 0 aliphatic heterocycles. The van der Waals surface area contributed by atoms with Gasteiger partial charge in [-0.15, -0.1) is 0 Å². The Morgan fingerprint density at radius 2 is 1.76 bits per heavy atom. The third-order valence-corrected chi connectivity index (χ3v) is 3.55. The number of nitrogens with one attached hydrogen (secondary N) is 3. The van der Waals surface area contributed by atoms with E-state index in [2.05, 4.69) is 31.1 Å². The van der Waals surface area contributed by atoms with E-state index in [0.717, 1.165) is 22.3 Å². The lowest BCUT2D eigenvalue weighted by Crippen LogP contribution is -2.40. The van der Waals surface area contributed by atoms with Crippen LogP contribution in [0.25, 0.3) is 10.9 Å². The standard InChI is InChI=1S/C18H23N7/c1-11-8-9-12-6-5-7-13(15(12)22-11)23-16-14(19)17(21-10-20-16)24-25-18(2,3)4/h5-10,25H,19H2,1-4H3,(H2,20,21,23,24). The van der Waals surface area contributed by atoms with Gasteiger partial charge in [0.1, 0.15) is 12.0 Å². The molecule has 0 aliphatic carbocycles. The topological polar surface area (TPSA) is 101 Å². The van der Waals surface area contributed by atoms with E-state index in [1.54, 1.807) is 0 Å². The van der Waals surface area contributed by atoms with Gasteiger partial charge >= 0.3 is 0 Å². The van der Waals surface area contributed by atoms with Crippen LogP contribution in [0.1, 0.15) is 26.5 Å². The lowest BCUT2D eigenvalue weighted by Gasteiger charge is -2.22. The van der Waals surface area contributed by atoms with Crippen LogP contribution in [0.3, 0.4) is 0 Å². The van der Waals surface area contributed by atoms with Gasteiger partial charge in [0.25, 0.3) is 0 Å². The Bertz CT molecular complexity index is 900. The highest BCUT2D eigenvalue weighted by molar-refractivity contribution is 5.93. The number of rotatable bonds is 4. The first-order valence-corrected chi connectivity index (χ1v) is 8.10. The highest BCUT2D eigenvalue weighted by Crippen LogP contribution is 2.29. The molecule has 0 aliphatic rings. The zero-order chi connectivity index (χ0) is 18.0. The molecule has 2 heterocycles. The molecule has 3 rings (SSSR count). The molecule has 7 nitrogen and oxygen atoms in total. The first-order valence-electron chi connectivity index (χ1n) is 8.10. The van der Waals surface area contributed by atoms with Crippen LogP contribution < -0.4 is 21.9 Å². The molecule has 0 amide bonds. The van der Waals surface area contributed by atoms with Gasteiger partial charge in [0, 0.05) is 16.6 Å². The summed E-state index contributed by atoms with van der Waals surface area (Å²) in [6, 6.07) is 9.99. The molecule has 0 spiro atoms. The number of anilines is 4. The van der Waals surface area contributed by atoms with Gasteiger partial charge in [0.15, 0.2) is 11.6 Å². The van der Waals surface area contributed by atoms with Crippen molar-refractivity contribution >= 4 is 33.9 Å². The van der Waals surface area contributed by atoms with Crippen LogP contribution in [0.2, 0.25) is 0 Å². The largest absolute Gasteiger partial charge is 0.393 e. The molecule has 0 saturated carbocycles. The summed E-state index contributed by atoms with van der Waals surface area (Å²) in [4.78, 5) is 13.1. The van der Waals surface area contributed by atoms with Gasteiger partial charge in [-0.05, 0) is 39.8 Å². The molecular weight excluding hydrogens is 314 g/mol. The number of aryl methyl sites for hydroxylation is 1. The van der Waals surface area contributed by atoms with Crippen molar-refractivity contribution in [3.63, 3.8) is 0 Å². The van der Waals surface area contributed by atoms with Gasteiger partial charge in [0.05, 0.1) is 11.2 Å². The fraction of sp³-hybridized carbons (Fsp3) is 0.278. The average molecular weight is 337 g/mol. The fourth-order valence-corrected chi connectivity index (χ4v) is 2.31. The maximum atomic E-state index is 6.22.